The van der Waals surface area contributed by atoms with Gasteiger partial charge in [-0.25, -0.2) is 0 Å². The zero-order chi connectivity index (χ0) is 16.7. The van der Waals surface area contributed by atoms with E-state index in [1.54, 1.807) is 16.3 Å². The van der Waals surface area contributed by atoms with Crippen LogP contribution in [0.1, 0.15) is 30.4 Å². The number of hydrogen-bond acceptors (Lipinski definition) is 3. The summed E-state index contributed by atoms with van der Waals surface area (Å²) in [4.78, 5) is 13.6. The van der Waals surface area contributed by atoms with E-state index >= 15 is 0 Å². The number of aryl methyl sites for hydroxylation is 1. The molecule has 0 aliphatic heterocycles. The number of pyridine rings is 1. The molecule has 2 aromatic rings. The summed E-state index contributed by atoms with van der Waals surface area (Å²) in [5.74, 6) is 1.68. The average Bonchev–Trinajstić information content (AvgIpc) is 3.30. The van der Waals surface area contributed by atoms with E-state index in [4.69, 9.17) is 4.74 Å². The van der Waals surface area contributed by atoms with Gasteiger partial charge in [0.25, 0.3) is 5.56 Å². The summed E-state index contributed by atoms with van der Waals surface area (Å²) in [6.45, 7) is 0.805. The highest BCUT2D eigenvalue weighted by molar-refractivity contribution is 7.98. The maximum absolute atomic E-state index is 12.4. The van der Waals surface area contributed by atoms with Gasteiger partial charge in [-0.2, -0.15) is 0 Å². The van der Waals surface area contributed by atoms with Gasteiger partial charge in [0.15, 0.2) is 0 Å². The van der Waals surface area contributed by atoms with Gasteiger partial charge in [0.1, 0.15) is 5.75 Å². The van der Waals surface area contributed by atoms with E-state index in [0.717, 1.165) is 48.7 Å². The Labute approximate surface area is 147 Å². The van der Waals surface area contributed by atoms with Crippen LogP contribution in [0.4, 0.5) is 0 Å². The van der Waals surface area contributed by atoms with Crippen LogP contribution in [-0.2, 0) is 19.9 Å². The van der Waals surface area contributed by atoms with Crippen LogP contribution in [0.5, 0.6) is 5.75 Å². The van der Waals surface area contributed by atoms with E-state index in [9.17, 15) is 4.79 Å². The molecule has 24 heavy (non-hydrogen) atoms. The van der Waals surface area contributed by atoms with Gasteiger partial charge in [-0.15, -0.1) is 11.8 Å². The van der Waals surface area contributed by atoms with Crippen molar-refractivity contribution in [2.75, 3.05) is 12.9 Å². The van der Waals surface area contributed by atoms with Crippen LogP contribution in [-0.4, -0.2) is 17.4 Å². The lowest BCUT2D eigenvalue weighted by molar-refractivity contribution is 0.301. The Kier molecular flexibility index (Phi) is 4.17. The van der Waals surface area contributed by atoms with E-state index in [1.807, 2.05) is 13.2 Å². The summed E-state index contributed by atoms with van der Waals surface area (Å²) < 4.78 is 7.88. The largest absolute Gasteiger partial charge is 0.493 e. The van der Waals surface area contributed by atoms with Crippen molar-refractivity contribution in [3.63, 3.8) is 0 Å². The molecule has 1 heterocycles. The van der Waals surface area contributed by atoms with Gasteiger partial charge >= 0.3 is 0 Å². The summed E-state index contributed by atoms with van der Waals surface area (Å²) in [5.41, 5.74) is 4.69. The normalized spacial score (nSPS) is 16.2. The minimum absolute atomic E-state index is 0.160. The molecule has 2 aliphatic carbocycles. The van der Waals surface area contributed by atoms with Gasteiger partial charge in [-0.05, 0) is 68.0 Å². The lowest BCUT2D eigenvalue weighted by Crippen LogP contribution is -2.21. The van der Waals surface area contributed by atoms with Crippen molar-refractivity contribution in [2.45, 2.75) is 37.0 Å². The van der Waals surface area contributed by atoms with Gasteiger partial charge in [-0.3, -0.25) is 4.79 Å². The van der Waals surface area contributed by atoms with Crippen LogP contribution in [0.25, 0.3) is 11.1 Å². The highest BCUT2D eigenvalue weighted by atomic mass is 32.2. The second-order valence-electron chi connectivity index (χ2n) is 6.89. The molecule has 1 saturated carbocycles. The van der Waals surface area contributed by atoms with Gasteiger partial charge in [0.2, 0.25) is 0 Å². The smallest absolute Gasteiger partial charge is 0.253 e. The second kappa shape index (κ2) is 6.32. The Balaban J connectivity index is 1.84. The topological polar surface area (TPSA) is 31.2 Å². The fourth-order valence-corrected chi connectivity index (χ4v) is 3.96. The molecule has 126 valence electrons. The van der Waals surface area contributed by atoms with Crippen molar-refractivity contribution in [1.29, 1.82) is 0 Å². The van der Waals surface area contributed by atoms with E-state index in [2.05, 4.69) is 24.5 Å². The van der Waals surface area contributed by atoms with E-state index in [0.29, 0.717) is 0 Å². The number of hydrogen-bond donors (Lipinski definition) is 0. The van der Waals surface area contributed by atoms with Crippen LogP contribution < -0.4 is 10.3 Å². The maximum Gasteiger partial charge on any atom is 0.253 e. The molecule has 3 nitrogen and oxygen atoms in total. The van der Waals surface area contributed by atoms with Crippen molar-refractivity contribution in [2.24, 2.45) is 13.0 Å². The van der Waals surface area contributed by atoms with Gasteiger partial charge in [-0.1, -0.05) is 0 Å². The summed E-state index contributed by atoms with van der Waals surface area (Å²) in [6, 6.07) is 6.43. The fraction of sp³-hybridized carbons (Fsp3) is 0.450. The number of ether oxygens (including phenoxy) is 1. The molecule has 1 fully saturated rings. The second-order valence-corrected chi connectivity index (χ2v) is 7.77. The Bertz CT molecular complexity index is 836. The molecule has 0 amide bonds. The maximum atomic E-state index is 12.4. The number of benzene rings is 1. The summed E-state index contributed by atoms with van der Waals surface area (Å²) >= 11 is 1.74. The van der Waals surface area contributed by atoms with Crippen LogP contribution in [0, 0.1) is 5.92 Å². The standard InChI is InChI=1S/C20H23NO2S/c1-21-11-18(15-4-3-5-16(15)20(21)22)17-10-14(24-2)8-9-19(17)23-12-13-6-7-13/h8-11,13H,3-7,12H2,1-2H3. The molecule has 0 N–H and O–H groups in total. The molecule has 0 saturated heterocycles. The Hall–Kier alpha value is -1.68. The number of thioether (sulfide) groups is 1. The molecular weight excluding hydrogens is 318 g/mol. The quantitative estimate of drug-likeness (QED) is 0.769. The number of fused-ring (bicyclic) bond motifs is 1. The third kappa shape index (κ3) is 2.88. The van der Waals surface area contributed by atoms with Crippen molar-refractivity contribution in [3.05, 3.63) is 45.9 Å². The first-order valence-electron chi connectivity index (χ1n) is 8.70. The summed E-state index contributed by atoms with van der Waals surface area (Å²) in [5, 5.41) is 0. The van der Waals surface area contributed by atoms with Gasteiger partial charge < -0.3 is 9.30 Å². The fourth-order valence-electron chi connectivity index (χ4n) is 3.52. The van der Waals surface area contributed by atoms with Crippen LogP contribution >= 0.6 is 11.8 Å². The molecule has 0 atom stereocenters. The first-order chi connectivity index (χ1) is 11.7. The van der Waals surface area contributed by atoms with E-state index in [1.165, 1.54) is 28.9 Å². The predicted molar refractivity (Wildman–Crippen MR) is 99.1 cm³/mol. The van der Waals surface area contributed by atoms with Crippen molar-refractivity contribution in [3.8, 4) is 16.9 Å². The molecule has 4 heteroatoms. The number of nitrogens with zero attached hydrogens (tertiary/aromatic N) is 1. The highest BCUT2D eigenvalue weighted by Crippen LogP contribution is 2.39. The molecule has 0 bridgehead atoms. The molecule has 1 aromatic heterocycles. The molecule has 0 spiro atoms. The Morgan fingerprint density at radius 2 is 2.00 bits per heavy atom. The molecule has 1 aromatic carbocycles. The molecule has 4 rings (SSSR count). The molecule has 0 unspecified atom stereocenters. The number of rotatable bonds is 5. The van der Waals surface area contributed by atoms with E-state index < -0.39 is 0 Å². The average molecular weight is 341 g/mol. The lowest BCUT2D eigenvalue weighted by atomic mass is 9.98. The van der Waals surface area contributed by atoms with Crippen molar-refractivity contribution in [1.82, 2.24) is 4.57 Å². The first-order valence-corrected chi connectivity index (χ1v) is 9.92. The highest BCUT2D eigenvalue weighted by Gasteiger charge is 2.25. The zero-order valence-corrected chi connectivity index (χ0v) is 15.1. The lowest BCUT2D eigenvalue weighted by Gasteiger charge is -2.16. The third-order valence-electron chi connectivity index (χ3n) is 5.09. The minimum atomic E-state index is 0.160. The third-order valence-corrected chi connectivity index (χ3v) is 5.82. The SMILES string of the molecule is CSc1ccc(OCC2CC2)c(-c2cn(C)c(=O)c3c2CCC3)c1. The van der Waals surface area contributed by atoms with Crippen LogP contribution in [0.15, 0.2) is 34.1 Å². The van der Waals surface area contributed by atoms with Crippen LogP contribution in [0.2, 0.25) is 0 Å². The Morgan fingerprint density at radius 3 is 2.75 bits per heavy atom. The predicted octanol–water partition coefficient (Wildman–Crippen LogP) is 4.05. The van der Waals surface area contributed by atoms with Crippen molar-refractivity contribution >= 4 is 11.8 Å². The first kappa shape index (κ1) is 15.8. The zero-order valence-electron chi connectivity index (χ0n) is 14.3. The monoisotopic (exact) mass is 341 g/mol. The minimum Gasteiger partial charge on any atom is -0.493 e. The van der Waals surface area contributed by atoms with Crippen molar-refractivity contribution < 1.29 is 4.74 Å². The summed E-state index contributed by atoms with van der Waals surface area (Å²) in [7, 11) is 1.85. The molecular formula is C20H23NO2S. The van der Waals surface area contributed by atoms with Crippen LogP contribution in [0.3, 0.4) is 0 Å². The number of aromatic nitrogens is 1. The summed E-state index contributed by atoms with van der Waals surface area (Å²) in [6.07, 6.45) is 9.62. The van der Waals surface area contributed by atoms with E-state index in [-0.39, 0.29) is 5.56 Å². The molecule has 2 aliphatic rings. The Morgan fingerprint density at radius 1 is 1.21 bits per heavy atom. The van der Waals surface area contributed by atoms with Gasteiger partial charge in [0.05, 0.1) is 6.61 Å². The van der Waals surface area contributed by atoms with Gasteiger partial charge in [0, 0.05) is 34.8 Å². The molecule has 0 radical (unpaired) electrons.